The van der Waals surface area contributed by atoms with Crippen molar-refractivity contribution in [1.82, 2.24) is 9.78 Å². The number of likely N-dealkylation sites (N-methyl/N-ethyl adjacent to an activating group) is 1. The molecule has 1 atom stereocenters. The van der Waals surface area contributed by atoms with Crippen LogP contribution in [-0.2, 0) is 6.54 Å². The molecule has 2 rings (SSSR count). The SMILES string of the molecule is CCCn1ncc(N(C)C(CN)C2CC2)c(Cl)c1=O. The summed E-state index contributed by atoms with van der Waals surface area (Å²) in [5.41, 5.74) is 6.29. The van der Waals surface area contributed by atoms with Gasteiger partial charge in [0.1, 0.15) is 5.02 Å². The lowest BCUT2D eigenvalue weighted by Gasteiger charge is -2.29. The summed E-state index contributed by atoms with van der Waals surface area (Å²) in [6.07, 6.45) is 4.92. The molecule has 1 unspecified atom stereocenters. The minimum atomic E-state index is -0.223. The summed E-state index contributed by atoms with van der Waals surface area (Å²) < 4.78 is 1.41. The van der Waals surface area contributed by atoms with E-state index >= 15 is 0 Å². The van der Waals surface area contributed by atoms with Crippen LogP contribution in [0.3, 0.4) is 0 Å². The summed E-state index contributed by atoms with van der Waals surface area (Å²) in [5.74, 6) is 0.615. The van der Waals surface area contributed by atoms with Gasteiger partial charge in [0.2, 0.25) is 0 Å². The Morgan fingerprint density at radius 3 is 2.84 bits per heavy atom. The van der Waals surface area contributed by atoms with E-state index in [9.17, 15) is 4.79 Å². The summed E-state index contributed by atoms with van der Waals surface area (Å²) >= 11 is 6.20. The molecule has 19 heavy (non-hydrogen) atoms. The van der Waals surface area contributed by atoms with Crippen LogP contribution in [0.5, 0.6) is 0 Å². The maximum atomic E-state index is 12.1. The van der Waals surface area contributed by atoms with Crippen molar-refractivity contribution in [2.24, 2.45) is 11.7 Å². The van der Waals surface area contributed by atoms with E-state index in [0.717, 1.165) is 6.42 Å². The van der Waals surface area contributed by atoms with Gasteiger partial charge in [-0.15, -0.1) is 0 Å². The van der Waals surface area contributed by atoms with Crippen LogP contribution in [0, 0.1) is 5.92 Å². The number of rotatable bonds is 6. The Morgan fingerprint density at radius 2 is 2.32 bits per heavy atom. The smallest absolute Gasteiger partial charge is 0.287 e. The van der Waals surface area contributed by atoms with Crippen LogP contribution in [0.2, 0.25) is 5.02 Å². The lowest BCUT2D eigenvalue weighted by atomic mass is 10.1. The van der Waals surface area contributed by atoms with E-state index in [0.29, 0.717) is 24.7 Å². The van der Waals surface area contributed by atoms with Crippen LogP contribution < -0.4 is 16.2 Å². The maximum Gasteiger partial charge on any atom is 0.287 e. The lowest BCUT2D eigenvalue weighted by molar-refractivity contribution is 0.551. The Morgan fingerprint density at radius 1 is 1.63 bits per heavy atom. The third-order valence-electron chi connectivity index (χ3n) is 3.69. The summed E-state index contributed by atoms with van der Waals surface area (Å²) in [5, 5.41) is 4.42. The first-order chi connectivity index (χ1) is 9.10. The van der Waals surface area contributed by atoms with E-state index in [2.05, 4.69) is 5.10 Å². The van der Waals surface area contributed by atoms with E-state index in [4.69, 9.17) is 17.3 Å². The number of aromatic nitrogens is 2. The third kappa shape index (κ3) is 2.92. The molecule has 1 aliphatic rings. The molecule has 5 nitrogen and oxygen atoms in total. The molecule has 0 amide bonds. The number of halogens is 1. The fourth-order valence-electron chi connectivity index (χ4n) is 2.40. The van der Waals surface area contributed by atoms with Crippen molar-refractivity contribution in [2.75, 3.05) is 18.5 Å². The maximum absolute atomic E-state index is 12.1. The molecule has 0 aromatic carbocycles. The van der Waals surface area contributed by atoms with Crippen molar-refractivity contribution in [2.45, 2.75) is 38.8 Å². The predicted octanol–water partition coefficient (Wildman–Crippen LogP) is 1.48. The molecular weight excluding hydrogens is 264 g/mol. The van der Waals surface area contributed by atoms with E-state index in [-0.39, 0.29) is 16.6 Å². The standard InChI is InChI=1S/C13H21ClN4O/c1-3-6-18-13(19)12(14)11(8-16-18)17(2)10(7-15)9-4-5-9/h8-10H,3-7,15H2,1-2H3. The van der Waals surface area contributed by atoms with Crippen molar-refractivity contribution >= 4 is 17.3 Å². The molecule has 1 heterocycles. The molecule has 0 spiro atoms. The Bertz CT molecular complexity index is 498. The van der Waals surface area contributed by atoms with Crippen molar-refractivity contribution in [3.05, 3.63) is 21.6 Å². The predicted molar refractivity (Wildman–Crippen MR) is 77.8 cm³/mol. The van der Waals surface area contributed by atoms with Gasteiger partial charge in [0.05, 0.1) is 11.9 Å². The highest BCUT2D eigenvalue weighted by molar-refractivity contribution is 6.33. The van der Waals surface area contributed by atoms with Crippen LogP contribution >= 0.6 is 11.6 Å². The highest BCUT2D eigenvalue weighted by Gasteiger charge is 2.34. The number of anilines is 1. The van der Waals surface area contributed by atoms with E-state index in [1.54, 1.807) is 6.20 Å². The zero-order valence-corrected chi connectivity index (χ0v) is 12.2. The van der Waals surface area contributed by atoms with Crippen LogP contribution in [-0.4, -0.2) is 29.4 Å². The van der Waals surface area contributed by atoms with E-state index in [1.165, 1.54) is 17.5 Å². The fraction of sp³-hybridized carbons (Fsp3) is 0.692. The van der Waals surface area contributed by atoms with Crippen LogP contribution in [0.4, 0.5) is 5.69 Å². The Labute approximate surface area is 118 Å². The zero-order valence-electron chi connectivity index (χ0n) is 11.5. The second-order valence-electron chi connectivity index (χ2n) is 5.12. The Kier molecular flexibility index (Phi) is 4.47. The van der Waals surface area contributed by atoms with Gasteiger partial charge in [0, 0.05) is 26.2 Å². The zero-order chi connectivity index (χ0) is 14.0. The summed E-state index contributed by atoms with van der Waals surface area (Å²) in [6, 6.07) is 0.237. The van der Waals surface area contributed by atoms with Gasteiger partial charge < -0.3 is 10.6 Å². The molecule has 1 aromatic rings. The molecule has 0 saturated heterocycles. The molecule has 1 aromatic heterocycles. The minimum Gasteiger partial charge on any atom is -0.367 e. The van der Waals surface area contributed by atoms with Gasteiger partial charge in [0.15, 0.2) is 0 Å². The summed E-state index contributed by atoms with van der Waals surface area (Å²) in [7, 11) is 1.93. The molecule has 6 heteroatoms. The summed E-state index contributed by atoms with van der Waals surface area (Å²) in [4.78, 5) is 14.1. The van der Waals surface area contributed by atoms with Gasteiger partial charge in [-0.1, -0.05) is 18.5 Å². The molecule has 106 valence electrons. The molecule has 0 bridgehead atoms. The van der Waals surface area contributed by atoms with Crippen molar-refractivity contribution in [1.29, 1.82) is 0 Å². The lowest BCUT2D eigenvalue weighted by Crippen LogP contribution is -2.41. The van der Waals surface area contributed by atoms with Gasteiger partial charge in [-0.2, -0.15) is 5.10 Å². The fourth-order valence-corrected chi connectivity index (χ4v) is 2.68. The van der Waals surface area contributed by atoms with Crippen LogP contribution in [0.15, 0.2) is 11.0 Å². The Balaban J connectivity index is 2.29. The van der Waals surface area contributed by atoms with E-state index in [1.807, 2.05) is 18.9 Å². The van der Waals surface area contributed by atoms with Crippen LogP contribution in [0.1, 0.15) is 26.2 Å². The number of aryl methyl sites for hydroxylation is 1. The second-order valence-corrected chi connectivity index (χ2v) is 5.50. The Hall–Kier alpha value is -1.07. The average molecular weight is 285 g/mol. The first kappa shape index (κ1) is 14.3. The van der Waals surface area contributed by atoms with Gasteiger partial charge in [-0.3, -0.25) is 4.79 Å². The molecule has 0 radical (unpaired) electrons. The van der Waals surface area contributed by atoms with E-state index < -0.39 is 0 Å². The number of hydrogen-bond donors (Lipinski definition) is 1. The highest BCUT2D eigenvalue weighted by Crippen LogP contribution is 2.36. The van der Waals surface area contributed by atoms with Gasteiger partial charge in [0.25, 0.3) is 5.56 Å². The normalized spacial score (nSPS) is 16.4. The van der Waals surface area contributed by atoms with Crippen LogP contribution in [0.25, 0.3) is 0 Å². The van der Waals surface area contributed by atoms with Gasteiger partial charge >= 0.3 is 0 Å². The molecule has 0 aliphatic heterocycles. The first-order valence-electron chi connectivity index (χ1n) is 6.78. The minimum absolute atomic E-state index is 0.223. The third-order valence-corrected chi connectivity index (χ3v) is 4.04. The van der Waals surface area contributed by atoms with Crippen molar-refractivity contribution in [3.8, 4) is 0 Å². The topological polar surface area (TPSA) is 64.2 Å². The molecule has 2 N–H and O–H groups in total. The largest absolute Gasteiger partial charge is 0.367 e. The van der Waals surface area contributed by atoms with Gasteiger partial charge in [-0.05, 0) is 25.2 Å². The van der Waals surface area contributed by atoms with Crippen molar-refractivity contribution < 1.29 is 0 Å². The highest BCUT2D eigenvalue weighted by atomic mass is 35.5. The quantitative estimate of drug-likeness (QED) is 0.859. The average Bonchev–Trinajstić information content (AvgIpc) is 3.21. The second kappa shape index (κ2) is 5.92. The first-order valence-corrected chi connectivity index (χ1v) is 7.16. The number of hydrogen-bond acceptors (Lipinski definition) is 4. The molecule has 1 aliphatic carbocycles. The number of nitrogens with zero attached hydrogens (tertiary/aromatic N) is 3. The van der Waals surface area contributed by atoms with Gasteiger partial charge in [-0.25, -0.2) is 4.68 Å². The molecule has 1 fully saturated rings. The van der Waals surface area contributed by atoms with Crippen molar-refractivity contribution in [3.63, 3.8) is 0 Å². The summed E-state index contributed by atoms with van der Waals surface area (Å²) in [6.45, 7) is 3.15. The number of nitrogens with two attached hydrogens (primary N) is 1. The molecular formula is C13H21ClN4O. The monoisotopic (exact) mass is 284 g/mol. The molecule has 1 saturated carbocycles.